The van der Waals surface area contributed by atoms with Crippen LogP contribution in [0, 0.1) is 0 Å². The molecule has 11 nitrogen and oxygen atoms in total. The number of carbonyl (C=O) groups is 3. The Labute approximate surface area is 137 Å². The van der Waals surface area contributed by atoms with Crippen LogP contribution in [0.15, 0.2) is 5.11 Å². The standard InChI is InChI=1S/C13H19N3O8/c1-6(17)21-5-9-11(22-7(2)18)12(23-8(3)19)10(15-16-14)13(20-4)24-9/h9-13H,5H2,1-4H3. The van der Waals surface area contributed by atoms with Crippen LogP contribution in [-0.2, 0) is 38.1 Å². The zero-order valence-corrected chi connectivity index (χ0v) is 13.7. The van der Waals surface area contributed by atoms with Crippen molar-refractivity contribution < 1.29 is 38.1 Å². The van der Waals surface area contributed by atoms with Gasteiger partial charge in [0.1, 0.15) is 18.8 Å². The highest BCUT2D eigenvalue weighted by molar-refractivity contribution is 5.68. The zero-order chi connectivity index (χ0) is 18.3. The molecule has 0 N–H and O–H groups in total. The van der Waals surface area contributed by atoms with Gasteiger partial charge in [-0.2, -0.15) is 0 Å². The van der Waals surface area contributed by atoms with E-state index < -0.39 is 48.6 Å². The Morgan fingerprint density at radius 2 is 1.67 bits per heavy atom. The molecule has 24 heavy (non-hydrogen) atoms. The molecule has 0 aromatic heterocycles. The summed E-state index contributed by atoms with van der Waals surface area (Å²) in [7, 11) is 1.30. The van der Waals surface area contributed by atoms with Crippen LogP contribution in [0.25, 0.3) is 10.4 Å². The van der Waals surface area contributed by atoms with Gasteiger partial charge in [0.05, 0.1) is 0 Å². The molecule has 0 aromatic carbocycles. The van der Waals surface area contributed by atoms with Crippen molar-refractivity contribution in [1.29, 1.82) is 0 Å². The summed E-state index contributed by atoms with van der Waals surface area (Å²) >= 11 is 0. The third-order valence-electron chi connectivity index (χ3n) is 3.09. The topological polar surface area (TPSA) is 146 Å². The van der Waals surface area contributed by atoms with E-state index >= 15 is 0 Å². The molecule has 0 amide bonds. The van der Waals surface area contributed by atoms with Crippen LogP contribution < -0.4 is 0 Å². The van der Waals surface area contributed by atoms with Crippen molar-refractivity contribution in [3.63, 3.8) is 0 Å². The molecule has 1 aliphatic heterocycles. The van der Waals surface area contributed by atoms with E-state index in [2.05, 4.69) is 10.0 Å². The van der Waals surface area contributed by atoms with E-state index in [1.54, 1.807) is 0 Å². The number of rotatable bonds is 6. The number of nitrogens with zero attached hydrogens (tertiary/aromatic N) is 3. The van der Waals surface area contributed by atoms with Crippen molar-refractivity contribution in [2.45, 2.75) is 51.4 Å². The molecular formula is C13H19N3O8. The summed E-state index contributed by atoms with van der Waals surface area (Å²) in [5.74, 6) is -1.93. The van der Waals surface area contributed by atoms with E-state index in [0.717, 1.165) is 13.8 Å². The number of esters is 3. The SMILES string of the molecule is COC1OC(COC(C)=O)C(OC(C)=O)C(OC(C)=O)C1N=[N+]=[N-]. The number of methoxy groups -OCH3 is 1. The highest BCUT2D eigenvalue weighted by Gasteiger charge is 2.50. The van der Waals surface area contributed by atoms with E-state index in [1.165, 1.54) is 14.0 Å². The van der Waals surface area contributed by atoms with Crippen LogP contribution in [0.4, 0.5) is 0 Å². The normalized spacial score (nSPS) is 29.1. The summed E-state index contributed by atoms with van der Waals surface area (Å²) in [6, 6.07) is -1.10. The predicted octanol–water partition coefficient (Wildman–Crippen LogP) is 0.463. The highest BCUT2D eigenvalue weighted by atomic mass is 16.7. The van der Waals surface area contributed by atoms with Crippen LogP contribution in [-0.4, -0.2) is 62.3 Å². The molecule has 1 saturated heterocycles. The monoisotopic (exact) mass is 345 g/mol. The Bertz CT molecular complexity index is 533. The third-order valence-corrected chi connectivity index (χ3v) is 3.09. The second kappa shape index (κ2) is 9.06. The minimum Gasteiger partial charge on any atom is -0.463 e. The molecule has 11 heteroatoms. The summed E-state index contributed by atoms with van der Waals surface area (Å²) in [4.78, 5) is 36.5. The van der Waals surface area contributed by atoms with Gasteiger partial charge in [-0.25, -0.2) is 0 Å². The maximum absolute atomic E-state index is 11.4. The smallest absolute Gasteiger partial charge is 0.303 e. The Kier molecular flexibility index (Phi) is 7.43. The molecule has 0 aromatic rings. The fourth-order valence-corrected chi connectivity index (χ4v) is 2.26. The molecule has 0 aliphatic carbocycles. The average Bonchev–Trinajstić information content (AvgIpc) is 2.48. The molecule has 0 spiro atoms. The molecule has 1 rings (SSSR count). The van der Waals surface area contributed by atoms with E-state index in [0.29, 0.717) is 0 Å². The summed E-state index contributed by atoms with van der Waals surface area (Å²) in [6.45, 7) is 3.23. The minimum absolute atomic E-state index is 0.270. The first-order chi connectivity index (χ1) is 11.3. The maximum Gasteiger partial charge on any atom is 0.303 e. The van der Waals surface area contributed by atoms with Gasteiger partial charge < -0.3 is 23.7 Å². The molecule has 1 aliphatic rings. The Morgan fingerprint density at radius 1 is 1.08 bits per heavy atom. The van der Waals surface area contributed by atoms with E-state index in [-0.39, 0.29) is 6.61 Å². The molecule has 1 fully saturated rings. The Hall–Kier alpha value is -2.36. The lowest BCUT2D eigenvalue weighted by Crippen LogP contribution is -2.61. The van der Waals surface area contributed by atoms with Gasteiger partial charge in [-0.05, 0) is 5.53 Å². The fraction of sp³-hybridized carbons (Fsp3) is 0.769. The predicted molar refractivity (Wildman–Crippen MR) is 76.3 cm³/mol. The summed E-state index contributed by atoms with van der Waals surface area (Å²) < 4.78 is 25.8. The summed E-state index contributed by atoms with van der Waals surface area (Å²) in [6.07, 6.45) is -4.37. The molecule has 0 bridgehead atoms. The largest absolute Gasteiger partial charge is 0.463 e. The Morgan fingerprint density at radius 3 is 2.12 bits per heavy atom. The van der Waals surface area contributed by atoms with Crippen molar-refractivity contribution >= 4 is 17.9 Å². The van der Waals surface area contributed by atoms with Gasteiger partial charge >= 0.3 is 17.9 Å². The van der Waals surface area contributed by atoms with Crippen LogP contribution in [0.1, 0.15) is 20.8 Å². The highest BCUT2D eigenvalue weighted by Crippen LogP contribution is 2.29. The van der Waals surface area contributed by atoms with Gasteiger partial charge in [0.2, 0.25) is 0 Å². The molecular weight excluding hydrogens is 326 g/mol. The van der Waals surface area contributed by atoms with E-state index in [9.17, 15) is 14.4 Å². The number of hydrogen-bond donors (Lipinski definition) is 0. The summed E-state index contributed by atoms with van der Waals surface area (Å²) in [5, 5.41) is 3.51. The van der Waals surface area contributed by atoms with Crippen molar-refractivity contribution in [2.75, 3.05) is 13.7 Å². The number of hydrogen-bond acceptors (Lipinski definition) is 9. The Balaban J connectivity index is 3.18. The van der Waals surface area contributed by atoms with E-state index in [4.69, 9.17) is 29.2 Å². The first-order valence-corrected chi connectivity index (χ1v) is 7.00. The number of ether oxygens (including phenoxy) is 5. The van der Waals surface area contributed by atoms with Gasteiger partial charge in [0, 0.05) is 32.8 Å². The fourth-order valence-electron chi connectivity index (χ4n) is 2.26. The van der Waals surface area contributed by atoms with Crippen LogP contribution >= 0.6 is 0 Å². The van der Waals surface area contributed by atoms with Crippen molar-refractivity contribution in [3.05, 3.63) is 10.4 Å². The lowest BCUT2D eigenvalue weighted by atomic mass is 9.97. The second-order valence-corrected chi connectivity index (χ2v) is 4.92. The molecule has 1 heterocycles. The molecule has 5 atom stereocenters. The first-order valence-electron chi connectivity index (χ1n) is 7.00. The van der Waals surface area contributed by atoms with E-state index in [1.807, 2.05) is 0 Å². The first kappa shape index (κ1) is 19.7. The van der Waals surface area contributed by atoms with Gasteiger partial charge in [0.15, 0.2) is 18.5 Å². The number of carbonyl (C=O) groups excluding carboxylic acids is 3. The van der Waals surface area contributed by atoms with Gasteiger partial charge in [-0.3, -0.25) is 14.4 Å². The maximum atomic E-state index is 11.4. The lowest BCUT2D eigenvalue weighted by Gasteiger charge is -2.42. The average molecular weight is 345 g/mol. The van der Waals surface area contributed by atoms with Gasteiger partial charge in [-0.1, -0.05) is 5.11 Å². The number of azide groups is 1. The van der Waals surface area contributed by atoms with Crippen molar-refractivity contribution in [2.24, 2.45) is 5.11 Å². The quantitative estimate of drug-likeness (QED) is 0.222. The molecule has 0 radical (unpaired) electrons. The third kappa shape index (κ3) is 5.37. The minimum atomic E-state index is -1.17. The van der Waals surface area contributed by atoms with Crippen LogP contribution in [0.2, 0.25) is 0 Å². The zero-order valence-electron chi connectivity index (χ0n) is 13.7. The second-order valence-electron chi connectivity index (χ2n) is 4.92. The van der Waals surface area contributed by atoms with Crippen molar-refractivity contribution in [3.8, 4) is 0 Å². The molecule has 134 valence electrons. The molecule has 0 saturated carbocycles. The molecule has 5 unspecified atom stereocenters. The van der Waals surface area contributed by atoms with Crippen LogP contribution in [0.5, 0.6) is 0 Å². The van der Waals surface area contributed by atoms with Gasteiger partial charge in [-0.15, -0.1) is 0 Å². The summed E-state index contributed by atoms with van der Waals surface area (Å²) in [5.41, 5.74) is 8.72. The lowest BCUT2D eigenvalue weighted by molar-refractivity contribution is -0.267. The van der Waals surface area contributed by atoms with Gasteiger partial charge in [0.25, 0.3) is 0 Å². The van der Waals surface area contributed by atoms with Crippen molar-refractivity contribution in [1.82, 2.24) is 0 Å². The van der Waals surface area contributed by atoms with Crippen LogP contribution in [0.3, 0.4) is 0 Å².